The second-order valence-corrected chi connectivity index (χ2v) is 6.13. The fourth-order valence-electron chi connectivity index (χ4n) is 3.64. The van der Waals surface area contributed by atoms with Crippen LogP contribution < -0.4 is 5.32 Å². The molecule has 0 aromatic heterocycles. The molecule has 1 aromatic rings. The molecule has 1 aliphatic heterocycles. The number of benzene rings is 1. The van der Waals surface area contributed by atoms with Gasteiger partial charge in [0.15, 0.2) is 0 Å². The summed E-state index contributed by atoms with van der Waals surface area (Å²) in [6.07, 6.45) is 1.28. The zero-order valence-electron chi connectivity index (χ0n) is 11.7. The molecule has 2 aliphatic rings. The summed E-state index contributed by atoms with van der Waals surface area (Å²) < 4.78 is 0. The quantitative estimate of drug-likeness (QED) is 0.896. The van der Waals surface area contributed by atoms with E-state index in [9.17, 15) is 4.79 Å². The van der Waals surface area contributed by atoms with E-state index >= 15 is 0 Å². The van der Waals surface area contributed by atoms with Gasteiger partial charge in [0.25, 0.3) is 0 Å². The third-order valence-corrected chi connectivity index (χ3v) is 5.01. The highest BCUT2D eigenvalue weighted by molar-refractivity contribution is 5.72. The molecule has 1 amide bonds. The van der Waals surface area contributed by atoms with Crippen LogP contribution in [0.25, 0.3) is 0 Å². The molecule has 102 valence electrons. The van der Waals surface area contributed by atoms with Crippen LogP contribution >= 0.6 is 0 Å². The smallest absolute Gasteiger partial charge is 0.216 e. The van der Waals surface area contributed by atoms with Crippen molar-refractivity contribution in [2.75, 3.05) is 13.1 Å². The molecule has 0 bridgehead atoms. The number of likely N-dealkylation sites (tertiary alicyclic amines) is 1. The lowest BCUT2D eigenvalue weighted by molar-refractivity contribution is -0.119. The number of piperidine rings is 1. The fourth-order valence-corrected chi connectivity index (χ4v) is 3.64. The Hall–Kier alpha value is -1.35. The minimum Gasteiger partial charge on any atom is -0.356 e. The van der Waals surface area contributed by atoms with Gasteiger partial charge < -0.3 is 5.32 Å². The highest BCUT2D eigenvalue weighted by Gasteiger charge is 2.63. The molecule has 3 unspecified atom stereocenters. The number of carbonyl (C=O) groups is 1. The number of nitrogens with one attached hydrogen (secondary N) is 1. The summed E-state index contributed by atoms with van der Waals surface area (Å²) in [5, 5.41) is 3.02. The Balaban J connectivity index is 1.63. The van der Waals surface area contributed by atoms with Crippen LogP contribution in [0.2, 0.25) is 0 Å². The number of amides is 1. The van der Waals surface area contributed by atoms with Gasteiger partial charge in [-0.3, -0.25) is 9.69 Å². The van der Waals surface area contributed by atoms with Crippen LogP contribution in [0.5, 0.6) is 0 Å². The molecule has 0 radical (unpaired) electrons. The second-order valence-electron chi connectivity index (χ2n) is 6.13. The van der Waals surface area contributed by atoms with Crippen LogP contribution in [0.3, 0.4) is 0 Å². The van der Waals surface area contributed by atoms with Crippen LogP contribution in [-0.4, -0.2) is 29.9 Å². The first-order valence-corrected chi connectivity index (χ1v) is 7.14. The number of rotatable bonds is 4. The van der Waals surface area contributed by atoms with Gasteiger partial charge in [-0.1, -0.05) is 30.3 Å². The zero-order chi connectivity index (χ0) is 13.5. The summed E-state index contributed by atoms with van der Waals surface area (Å²) in [6.45, 7) is 6.97. The predicted octanol–water partition coefficient (Wildman–Crippen LogP) is 2.03. The van der Waals surface area contributed by atoms with Crippen molar-refractivity contribution in [2.45, 2.75) is 32.9 Å². The van der Waals surface area contributed by atoms with Gasteiger partial charge in [-0.15, -0.1) is 0 Å². The van der Waals surface area contributed by atoms with Gasteiger partial charge in [0.05, 0.1) is 0 Å². The molecule has 3 atom stereocenters. The SMILES string of the molecule is CC(=O)NCC12CC1CN(Cc1ccccc1)C2C. The first-order chi connectivity index (χ1) is 9.12. The van der Waals surface area contributed by atoms with Crippen LogP contribution in [0.4, 0.5) is 0 Å². The lowest BCUT2D eigenvalue weighted by atomic mass is 9.97. The molecule has 0 spiro atoms. The third kappa shape index (κ3) is 2.27. The average Bonchev–Trinajstić information content (AvgIpc) is 3.04. The van der Waals surface area contributed by atoms with E-state index in [1.165, 1.54) is 18.5 Å². The van der Waals surface area contributed by atoms with Gasteiger partial charge in [0, 0.05) is 38.0 Å². The van der Waals surface area contributed by atoms with Crippen LogP contribution in [0.15, 0.2) is 30.3 Å². The van der Waals surface area contributed by atoms with Gasteiger partial charge in [0.2, 0.25) is 5.91 Å². The summed E-state index contributed by atoms with van der Waals surface area (Å²) in [7, 11) is 0. The maximum atomic E-state index is 11.1. The van der Waals surface area contributed by atoms with Crippen molar-refractivity contribution >= 4 is 5.91 Å². The highest BCUT2D eigenvalue weighted by atomic mass is 16.1. The minimum absolute atomic E-state index is 0.0914. The summed E-state index contributed by atoms with van der Waals surface area (Å²) >= 11 is 0. The van der Waals surface area contributed by atoms with Gasteiger partial charge in [0.1, 0.15) is 0 Å². The van der Waals surface area contributed by atoms with E-state index < -0.39 is 0 Å². The average molecular weight is 258 g/mol. The topological polar surface area (TPSA) is 32.3 Å². The molecule has 3 rings (SSSR count). The molecule has 3 nitrogen and oxygen atoms in total. The Morgan fingerprint density at radius 2 is 2.16 bits per heavy atom. The first kappa shape index (κ1) is 12.7. The summed E-state index contributed by atoms with van der Waals surface area (Å²) in [5.74, 6) is 0.867. The van der Waals surface area contributed by atoms with E-state index in [-0.39, 0.29) is 5.91 Å². The molecule has 2 fully saturated rings. The summed E-state index contributed by atoms with van der Waals surface area (Å²) in [6, 6.07) is 11.2. The monoisotopic (exact) mass is 258 g/mol. The van der Waals surface area contributed by atoms with E-state index in [4.69, 9.17) is 0 Å². The lowest BCUT2D eigenvalue weighted by Crippen LogP contribution is -2.39. The van der Waals surface area contributed by atoms with Crippen LogP contribution in [0, 0.1) is 11.3 Å². The molecule has 19 heavy (non-hydrogen) atoms. The normalized spacial score (nSPS) is 32.9. The Labute approximate surface area is 115 Å². The van der Waals surface area contributed by atoms with Crippen LogP contribution in [0.1, 0.15) is 25.8 Å². The number of carbonyl (C=O) groups excluding carboxylic acids is 1. The van der Waals surface area contributed by atoms with E-state index in [0.717, 1.165) is 19.0 Å². The van der Waals surface area contributed by atoms with Crippen LogP contribution in [-0.2, 0) is 11.3 Å². The van der Waals surface area contributed by atoms with Gasteiger partial charge in [-0.05, 0) is 24.8 Å². The van der Waals surface area contributed by atoms with Gasteiger partial charge >= 0.3 is 0 Å². The Morgan fingerprint density at radius 1 is 1.42 bits per heavy atom. The van der Waals surface area contributed by atoms with E-state index in [1.807, 2.05) is 0 Å². The number of hydrogen-bond acceptors (Lipinski definition) is 2. The largest absolute Gasteiger partial charge is 0.356 e. The van der Waals surface area contributed by atoms with Crippen molar-refractivity contribution in [1.29, 1.82) is 0 Å². The van der Waals surface area contributed by atoms with E-state index in [2.05, 4.69) is 47.5 Å². The van der Waals surface area contributed by atoms with Crippen molar-refractivity contribution in [2.24, 2.45) is 11.3 Å². The third-order valence-electron chi connectivity index (χ3n) is 5.01. The van der Waals surface area contributed by atoms with Crippen molar-refractivity contribution in [3.8, 4) is 0 Å². The fraction of sp³-hybridized carbons (Fsp3) is 0.562. The van der Waals surface area contributed by atoms with E-state index in [1.54, 1.807) is 6.92 Å². The molecule has 1 saturated carbocycles. The maximum Gasteiger partial charge on any atom is 0.216 e. The second kappa shape index (κ2) is 4.64. The zero-order valence-corrected chi connectivity index (χ0v) is 11.7. The van der Waals surface area contributed by atoms with Crippen molar-refractivity contribution < 1.29 is 4.79 Å². The van der Waals surface area contributed by atoms with Crippen molar-refractivity contribution in [3.63, 3.8) is 0 Å². The number of fused-ring (bicyclic) bond motifs is 1. The molecular weight excluding hydrogens is 236 g/mol. The highest BCUT2D eigenvalue weighted by Crippen LogP contribution is 2.61. The lowest BCUT2D eigenvalue weighted by Gasteiger charge is -2.29. The minimum atomic E-state index is 0.0914. The Bertz CT molecular complexity index is 473. The summed E-state index contributed by atoms with van der Waals surface area (Å²) in [4.78, 5) is 13.7. The Kier molecular flexibility index (Phi) is 3.09. The molecule has 1 aromatic carbocycles. The number of nitrogens with zero attached hydrogens (tertiary/aromatic N) is 1. The molecule has 1 N–H and O–H groups in total. The van der Waals surface area contributed by atoms with Crippen molar-refractivity contribution in [1.82, 2.24) is 10.2 Å². The molecule has 1 heterocycles. The standard InChI is InChI=1S/C16H22N2O/c1-12-16(11-17-13(2)19)8-15(16)10-18(12)9-14-6-4-3-5-7-14/h3-7,12,15H,8-11H2,1-2H3,(H,17,19). The molecule has 1 aliphatic carbocycles. The number of hydrogen-bond donors (Lipinski definition) is 1. The predicted molar refractivity (Wildman–Crippen MR) is 75.5 cm³/mol. The van der Waals surface area contributed by atoms with Gasteiger partial charge in [-0.25, -0.2) is 0 Å². The summed E-state index contributed by atoms with van der Waals surface area (Å²) in [5.41, 5.74) is 1.73. The maximum absolute atomic E-state index is 11.1. The molecule has 3 heteroatoms. The Morgan fingerprint density at radius 3 is 2.84 bits per heavy atom. The van der Waals surface area contributed by atoms with E-state index in [0.29, 0.717) is 11.5 Å². The van der Waals surface area contributed by atoms with Crippen molar-refractivity contribution in [3.05, 3.63) is 35.9 Å². The molecular formula is C16H22N2O. The molecule has 1 saturated heterocycles. The first-order valence-electron chi connectivity index (χ1n) is 7.14. The van der Waals surface area contributed by atoms with Gasteiger partial charge in [-0.2, -0.15) is 0 Å².